The summed E-state index contributed by atoms with van der Waals surface area (Å²) in [6, 6.07) is 4.44. The molecule has 0 unspecified atom stereocenters. The number of hydrogen-bond acceptors (Lipinski definition) is 6. The fourth-order valence-corrected chi connectivity index (χ4v) is 3.40. The fraction of sp³-hybridized carbons (Fsp3) is 0.500. The molecule has 29 heavy (non-hydrogen) atoms. The molecule has 0 bridgehead atoms. The van der Waals surface area contributed by atoms with E-state index in [1.807, 2.05) is 4.90 Å². The third-order valence-electron chi connectivity index (χ3n) is 5.04. The van der Waals surface area contributed by atoms with Gasteiger partial charge in [-0.05, 0) is 31.0 Å². The molecule has 0 aliphatic carbocycles. The van der Waals surface area contributed by atoms with Crippen LogP contribution in [-0.2, 0) is 20.8 Å². The van der Waals surface area contributed by atoms with Crippen molar-refractivity contribution < 1.29 is 19.1 Å². The number of carbonyl (C=O) groups is 2. The number of nitrogens with zero attached hydrogens (tertiary/aromatic N) is 2. The number of carbonyl (C=O) groups excluding carboxylic acids is 2. The number of fused-ring (bicyclic) bond motifs is 1. The van der Waals surface area contributed by atoms with Gasteiger partial charge in [0.2, 0.25) is 5.91 Å². The number of amides is 1. The van der Waals surface area contributed by atoms with Gasteiger partial charge in [0.1, 0.15) is 0 Å². The predicted molar refractivity (Wildman–Crippen MR) is 106 cm³/mol. The van der Waals surface area contributed by atoms with E-state index in [1.165, 1.54) is 25.3 Å². The number of rotatable bonds is 7. The van der Waals surface area contributed by atoms with Gasteiger partial charge in [-0.15, -0.1) is 0 Å². The molecule has 3 rings (SSSR count). The van der Waals surface area contributed by atoms with Crippen molar-refractivity contribution in [2.75, 3.05) is 33.4 Å². The minimum atomic E-state index is -0.538. The Morgan fingerprint density at radius 3 is 2.62 bits per heavy atom. The Morgan fingerprint density at radius 1 is 1.14 bits per heavy atom. The molecule has 2 heterocycles. The Bertz CT molecular complexity index is 1000. The Hall–Kier alpha value is -2.94. The minimum absolute atomic E-state index is 0.121. The first-order chi connectivity index (χ1) is 14.0. The Kier molecular flexibility index (Phi) is 6.82. The number of benzene rings is 1. The molecule has 1 N–H and O–H groups in total. The molecule has 0 atom stereocenters. The molecule has 1 saturated heterocycles. The second-order valence-corrected chi connectivity index (χ2v) is 6.94. The van der Waals surface area contributed by atoms with E-state index in [0.29, 0.717) is 56.5 Å². The van der Waals surface area contributed by atoms with Crippen molar-refractivity contribution in [1.82, 2.24) is 14.5 Å². The van der Waals surface area contributed by atoms with E-state index < -0.39 is 17.2 Å². The van der Waals surface area contributed by atoms with Gasteiger partial charge >= 0.3 is 11.7 Å². The monoisotopic (exact) mass is 403 g/mol. The Morgan fingerprint density at radius 2 is 1.90 bits per heavy atom. The fourth-order valence-electron chi connectivity index (χ4n) is 3.40. The number of nitrogens with one attached hydrogen (secondary N) is 1. The van der Waals surface area contributed by atoms with Crippen LogP contribution >= 0.6 is 0 Å². The van der Waals surface area contributed by atoms with Crippen LogP contribution in [0.1, 0.15) is 36.0 Å². The van der Waals surface area contributed by atoms with E-state index in [0.717, 1.165) is 11.0 Å². The normalized spacial score (nSPS) is 14.2. The molecule has 9 nitrogen and oxygen atoms in total. The summed E-state index contributed by atoms with van der Waals surface area (Å²) in [5.74, 6) is -0.418. The molecule has 0 saturated carbocycles. The average Bonchev–Trinajstić information content (AvgIpc) is 2.75. The maximum Gasteiger partial charge on any atom is 0.337 e. The molecular weight excluding hydrogens is 378 g/mol. The van der Waals surface area contributed by atoms with Crippen LogP contribution in [-0.4, -0.2) is 59.7 Å². The maximum atomic E-state index is 12.6. The highest BCUT2D eigenvalue weighted by Crippen LogP contribution is 2.11. The average molecular weight is 403 g/mol. The molecule has 1 aromatic carbocycles. The lowest BCUT2D eigenvalue weighted by Crippen LogP contribution is -2.40. The van der Waals surface area contributed by atoms with Gasteiger partial charge < -0.3 is 19.4 Å². The van der Waals surface area contributed by atoms with Crippen molar-refractivity contribution in [3.63, 3.8) is 0 Å². The molecule has 9 heteroatoms. The van der Waals surface area contributed by atoms with E-state index in [-0.39, 0.29) is 18.0 Å². The number of esters is 1. The SMILES string of the molecule is COC(=O)c1ccc2c(=O)n(CCCCCC(=O)N3CCOCC3)c(=O)[nH]c2c1. The van der Waals surface area contributed by atoms with Gasteiger partial charge in [0.05, 0.1) is 36.8 Å². The van der Waals surface area contributed by atoms with Crippen LogP contribution in [0.3, 0.4) is 0 Å². The van der Waals surface area contributed by atoms with Crippen LogP contribution in [0.25, 0.3) is 10.9 Å². The van der Waals surface area contributed by atoms with Crippen molar-refractivity contribution in [2.45, 2.75) is 32.2 Å². The molecule has 1 aromatic heterocycles. The third kappa shape index (κ3) is 4.92. The molecule has 1 aliphatic rings. The summed E-state index contributed by atoms with van der Waals surface area (Å²) in [4.78, 5) is 53.1. The van der Waals surface area contributed by atoms with Crippen LogP contribution < -0.4 is 11.2 Å². The summed E-state index contributed by atoms with van der Waals surface area (Å²) in [6.45, 7) is 2.71. The van der Waals surface area contributed by atoms with Gasteiger partial charge in [-0.3, -0.25) is 14.2 Å². The van der Waals surface area contributed by atoms with E-state index in [1.54, 1.807) is 0 Å². The highest BCUT2D eigenvalue weighted by molar-refractivity contribution is 5.93. The number of ether oxygens (including phenoxy) is 2. The van der Waals surface area contributed by atoms with Crippen LogP contribution in [0.15, 0.2) is 27.8 Å². The number of unbranched alkanes of at least 4 members (excludes halogenated alkanes) is 2. The maximum absolute atomic E-state index is 12.6. The van der Waals surface area contributed by atoms with Gasteiger partial charge in [-0.1, -0.05) is 6.42 Å². The molecule has 2 aromatic rings. The second kappa shape index (κ2) is 9.51. The lowest BCUT2D eigenvalue weighted by atomic mass is 10.1. The number of methoxy groups -OCH3 is 1. The molecule has 156 valence electrons. The summed E-state index contributed by atoms with van der Waals surface area (Å²) in [6.07, 6.45) is 2.52. The number of morpholine rings is 1. The van der Waals surface area contributed by atoms with Crippen molar-refractivity contribution >= 4 is 22.8 Å². The predicted octanol–water partition coefficient (Wildman–Crippen LogP) is 0.896. The number of hydrogen-bond donors (Lipinski definition) is 1. The van der Waals surface area contributed by atoms with Crippen molar-refractivity contribution in [1.29, 1.82) is 0 Å². The van der Waals surface area contributed by atoms with Crippen molar-refractivity contribution in [3.8, 4) is 0 Å². The highest BCUT2D eigenvalue weighted by atomic mass is 16.5. The number of aromatic amines is 1. The molecule has 0 radical (unpaired) electrons. The zero-order chi connectivity index (χ0) is 20.8. The van der Waals surface area contributed by atoms with E-state index in [2.05, 4.69) is 9.72 Å². The minimum Gasteiger partial charge on any atom is -0.465 e. The molecular formula is C20H25N3O6. The first-order valence-corrected chi connectivity index (χ1v) is 9.72. The Balaban J connectivity index is 1.58. The van der Waals surface area contributed by atoms with E-state index in [4.69, 9.17) is 4.74 Å². The zero-order valence-corrected chi connectivity index (χ0v) is 16.4. The first-order valence-electron chi connectivity index (χ1n) is 9.72. The third-order valence-corrected chi connectivity index (χ3v) is 5.04. The van der Waals surface area contributed by atoms with Crippen LogP contribution in [0.2, 0.25) is 0 Å². The van der Waals surface area contributed by atoms with Crippen LogP contribution in [0.4, 0.5) is 0 Å². The van der Waals surface area contributed by atoms with Crippen molar-refractivity contribution in [2.24, 2.45) is 0 Å². The summed E-state index contributed by atoms with van der Waals surface area (Å²) in [5.41, 5.74) is -0.355. The zero-order valence-electron chi connectivity index (χ0n) is 16.4. The van der Waals surface area contributed by atoms with Gasteiger partial charge in [0.25, 0.3) is 5.56 Å². The smallest absolute Gasteiger partial charge is 0.337 e. The van der Waals surface area contributed by atoms with Gasteiger partial charge in [0, 0.05) is 26.1 Å². The lowest BCUT2D eigenvalue weighted by Gasteiger charge is -2.26. The molecule has 1 aliphatic heterocycles. The number of aromatic nitrogens is 2. The van der Waals surface area contributed by atoms with Crippen LogP contribution in [0.5, 0.6) is 0 Å². The largest absolute Gasteiger partial charge is 0.465 e. The molecule has 0 spiro atoms. The number of H-pyrrole nitrogens is 1. The first kappa shape index (κ1) is 20.8. The van der Waals surface area contributed by atoms with E-state index >= 15 is 0 Å². The van der Waals surface area contributed by atoms with Gasteiger partial charge in [0.15, 0.2) is 0 Å². The summed E-state index contributed by atoms with van der Waals surface area (Å²) in [7, 11) is 1.27. The van der Waals surface area contributed by atoms with E-state index in [9.17, 15) is 19.2 Å². The standard InChI is InChI=1S/C20H25N3O6/c1-28-19(26)14-6-7-15-16(13-14)21-20(27)23(18(15)25)8-4-2-3-5-17(24)22-9-11-29-12-10-22/h6-7,13H,2-5,8-12H2,1H3,(H,21,27). The second-order valence-electron chi connectivity index (χ2n) is 6.94. The lowest BCUT2D eigenvalue weighted by molar-refractivity contribution is -0.135. The van der Waals surface area contributed by atoms with Gasteiger partial charge in [-0.25, -0.2) is 9.59 Å². The van der Waals surface area contributed by atoms with Crippen LogP contribution in [0, 0.1) is 0 Å². The Labute approximate surface area is 167 Å². The molecule has 1 fully saturated rings. The van der Waals surface area contributed by atoms with Gasteiger partial charge in [-0.2, -0.15) is 0 Å². The van der Waals surface area contributed by atoms with Crippen molar-refractivity contribution in [3.05, 3.63) is 44.6 Å². The molecule has 1 amide bonds. The summed E-state index contributed by atoms with van der Waals surface area (Å²) >= 11 is 0. The quantitative estimate of drug-likeness (QED) is 0.543. The summed E-state index contributed by atoms with van der Waals surface area (Å²) in [5, 5.41) is 0.333. The highest BCUT2D eigenvalue weighted by Gasteiger charge is 2.16. The topological polar surface area (TPSA) is 111 Å². The summed E-state index contributed by atoms with van der Waals surface area (Å²) < 4.78 is 11.0.